The summed E-state index contributed by atoms with van der Waals surface area (Å²) in [5.74, 6) is -0.256. The highest BCUT2D eigenvalue weighted by molar-refractivity contribution is 7.89. The Morgan fingerprint density at radius 2 is 1.75 bits per heavy atom. The van der Waals surface area contributed by atoms with Gasteiger partial charge in [0.15, 0.2) is 0 Å². The first-order valence-corrected chi connectivity index (χ1v) is 12.6. The van der Waals surface area contributed by atoms with E-state index >= 15 is 0 Å². The van der Waals surface area contributed by atoms with Crippen LogP contribution in [0.25, 0.3) is 0 Å². The third-order valence-electron chi connectivity index (χ3n) is 6.30. The van der Waals surface area contributed by atoms with Gasteiger partial charge in [-0.2, -0.15) is 4.31 Å². The van der Waals surface area contributed by atoms with Gasteiger partial charge in [-0.1, -0.05) is 18.6 Å². The average Bonchev–Trinajstić information content (AvgIpc) is 3.23. The first-order valence-electron chi connectivity index (χ1n) is 11.2. The fraction of sp³-hybridized carbons (Fsp3) is 0.458. The molecule has 2 aliphatic rings. The van der Waals surface area contributed by atoms with Crippen molar-refractivity contribution in [2.75, 3.05) is 44.7 Å². The topological polar surface area (TPSA) is 60.9 Å². The zero-order chi connectivity index (χ0) is 22.7. The van der Waals surface area contributed by atoms with Crippen molar-refractivity contribution >= 4 is 21.6 Å². The van der Waals surface area contributed by atoms with Crippen molar-refractivity contribution < 1.29 is 17.6 Å². The van der Waals surface area contributed by atoms with Crippen LogP contribution in [-0.2, 0) is 27.7 Å². The van der Waals surface area contributed by atoms with Crippen molar-refractivity contribution in [1.82, 2.24) is 9.21 Å². The molecule has 2 heterocycles. The van der Waals surface area contributed by atoms with Crippen LogP contribution < -0.4 is 4.90 Å². The minimum absolute atomic E-state index is 0.00278. The van der Waals surface area contributed by atoms with E-state index in [1.807, 2.05) is 11.9 Å². The van der Waals surface area contributed by atoms with Gasteiger partial charge in [0.1, 0.15) is 5.82 Å². The second-order valence-electron chi connectivity index (χ2n) is 8.66. The van der Waals surface area contributed by atoms with Gasteiger partial charge < -0.3 is 4.90 Å². The second kappa shape index (κ2) is 9.68. The molecule has 6 nitrogen and oxygen atoms in total. The zero-order valence-electron chi connectivity index (χ0n) is 18.5. The molecule has 0 saturated carbocycles. The average molecular weight is 460 g/mol. The number of nitrogens with zero attached hydrogens (tertiary/aromatic N) is 3. The molecule has 8 heteroatoms. The molecule has 0 aliphatic carbocycles. The molecule has 0 unspecified atom stereocenters. The second-order valence-corrected chi connectivity index (χ2v) is 10.6. The number of carbonyl (C=O) groups is 1. The van der Waals surface area contributed by atoms with Crippen LogP contribution in [0.2, 0.25) is 0 Å². The third-order valence-corrected chi connectivity index (χ3v) is 8.20. The molecule has 0 bridgehead atoms. The Morgan fingerprint density at radius 3 is 2.47 bits per heavy atom. The molecule has 1 amide bonds. The van der Waals surface area contributed by atoms with Crippen molar-refractivity contribution in [1.29, 1.82) is 0 Å². The Balaban J connectivity index is 1.38. The van der Waals surface area contributed by atoms with Gasteiger partial charge in [-0.15, -0.1) is 0 Å². The number of piperidine rings is 1. The fourth-order valence-corrected chi connectivity index (χ4v) is 5.99. The highest BCUT2D eigenvalue weighted by atomic mass is 32.2. The van der Waals surface area contributed by atoms with Crippen molar-refractivity contribution in [2.45, 2.75) is 37.0 Å². The number of amides is 1. The van der Waals surface area contributed by atoms with Crippen LogP contribution in [0.4, 0.5) is 10.1 Å². The molecule has 172 valence electrons. The van der Waals surface area contributed by atoms with Crippen LogP contribution in [0, 0.1) is 5.82 Å². The highest BCUT2D eigenvalue weighted by Crippen LogP contribution is 2.32. The summed E-state index contributed by atoms with van der Waals surface area (Å²) in [4.78, 5) is 16.9. The lowest BCUT2D eigenvalue weighted by atomic mass is 10.1. The van der Waals surface area contributed by atoms with Crippen LogP contribution in [0.1, 0.15) is 30.4 Å². The fourth-order valence-electron chi connectivity index (χ4n) is 4.42. The highest BCUT2D eigenvalue weighted by Gasteiger charge is 2.30. The summed E-state index contributed by atoms with van der Waals surface area (Å²) in [6.07, 6.45) is 4.27. The van der Waals surface area contributed by atoms with Crippen molar-refractivity contribution in [3.05, 3.63) is 59.4 Å². The maximum Gasteiger partial charge on any atom is 0.243 e. The molecule has 0 N–H and O–H groups in total. The number of halogens is 1. The number of anilines is 1. The lowest BCUT2D eigenvalue weighted by Gasteiger charge is -2.26. The van der Waals surface area contributed by atoms with Crippen molar-refractivity contribution in [3.8, 4) is 0 Å². The van der Waals surface area contributed by atoms with Crippen molar-refractivity contribution in [2.24, 2.45) is 0 Å². The summed E-state index contributed by atoms with van der Waals surface area (Å²) in [5.41, 5.74) is 2.74. The van der Waals surface area contributed by atoms with Gasteiger partial charge in [0, 0.05) is 31.9 Å². The standard InChI is InChI=1S/C24H30FN3O3S/c1-26(15-11-19-5-7-21(25)8-6-19)18-24(29)28-16-12-20-17-22(9-10-23(20)28)32(30,31)27-13-3-2-4-14-27/h5-10,17H,2-4,11-16,18H2,1H3. The predicted molar refractivity (Wildman–Crippen MR) is 123 cm³/mol. The van der Waals surface area contributed by atoms with Gasteiger partial charge in [0.2, 0.25) is 15.9 Å². The number of benzene rings is 2. The SMILES string of the molecule is CN(CCc1ccc(F)cc1)CC(=O)N1CCc2cc(S(=O)(=O)N3CCCCC3)ccc21. The summed E-state index contributed by atoms with van der Waals surface area (Å²) in [5, 5.41) is 0. The molecule has 1 fully saturated rings. The van der Waals surface area contributed by atoms with Crippen LogP contribution in [0.3, 0.4) is 0 Å². The summed E-state index contributed by atoms with van der Waals surface area (Å²) in [6.45, 7) is 2.68. The molecule has 32 heavy (non-hydrogen) atoms. The van der Waals surface area contributed by atoms with E-state index in [4.69, 9.17) is 0 Å². The molecule has 4 rings (SSSR count). The van der Waals surface area contributed by atoms with E-state index in [2.05, 4.69) is 0 Å². The quantitative estimate of drug-likeness (QED) is 0.639. The molecule has 2 aromatic rings. The Hall–Kier alpha value is -2.29. The van der Waals surface area contributed by atoms with E-state index in [1.54, 1.807) is 39.5 Å². The summed E-state index contributed by atoms with van der Waals surface area (Å²) in [7, 11) is -1.58. The van der Waals surface area contributed by atoms with Gasteiger partial charge in [0.25, 0.3) is 0 Å². The number of hydrogen-bond donors (Lipinski definition) is 0. The molecule has 0 atom stereocenters. The van der Waals surface area contributed by atoms with Crippen LogP contribution in [0.15, 0.2) is 47.4 Å². The number of hydrogen-bond acceptors (Lipinski definition) is 4. The lowest BCUT2D eigenvalue weighted by Crippen LogP contribution is -2.38. The number of fused-ring (bicyclic) bond motifs is 1. The zero-order valence-corrected chi connectivity index (χ0v) is 19.3. The molecular formula is C24H30FN3O3S. The first kappa shape index (κ1) is 22.9. The first-order chi connectivity index (χ1) is 15.3. The molecule has 0 aromatic heterocycles. The molecule has 0 spiro atoms. The number of sulfonamides is 1. The summed E-state index contributed by atoms with van der Waals surface area (Å²) >= 11 is 0. The molecule has 1 saturated heterocycles. The maximum atomic E-state index is 13.0. The minimum atomic E-state index is -3.48. The Kier molecular flexibility index (Phi) is 6.93. The van der Waals surface area contributed by atoms with Gasteiger partial charge in [-0.05, 0) is 74.2 Å². The van der Waals surface area contributed by atoms with E-state index in [9.17, 15) is 17.6 Å². The van der Waals surface area contributed by atoms with Gasteiger partial charge in [-0.3, -0.25) is 9.69 Å². The van der Waals surface area contributed by atoms with Crippen LogP contribution in [-0.4, -0.2) is 63.3 Å². The van der Waals surface area contributed by atoms with Crippen molar-refractivity contribution in [3.63, 3.8) is 0 Å². The van der Waals surface area contributed by atoms with E-state index in [0.717, 1.165) is 42.5 Å². The summed E-state index contributed by atoms with van der Waals surface area (Å²) < 4.78 is 40.6. The van der Waals surface area contributed by atoms with Crippen LogP contribution >= 0.6 is 0 Å². The monoisotopic (exact) mass is 459 g/mol. The summed E-state index contributed by atoms with van der Waals surface area (Å²) in [6, 6.07) is 11.6. The third kappa shape index (κ3) is 5.03. The molecule has 0 radical (unpaired) electrons. The predicted octanol–water partition coefficient (Wildman–Crippen LogP) is 3.06. The minimum Gasteiger partial charge on any atom is -0.311 e. The Bertz CT molecular complexity index is 1070. The van der Waals surface area contributed by atoms with E-state index in [-0.39, 0.29) is 18.3 Å². The maximum absolute atomic E-state index is 13.0. The van der Waals surface area contributed by atoms with Gasteiger partial charge >= 0.3 is 0 Å². The normalized spacial score (nSPS) is 17.0. The number of carbonyl (C=O) groups excluding carboxylic acids is 1. The Labute approximate surface area is 189 Å². The Morgan fingerprint density at radius 1 is 1.03 bits per heavy atom. The van der Waals surface area contributed by atoms with E-state index < -0.39 is 10.0 Å². The lowest BCUT2D eigenvalue weighted by molar-refractivity contribution is -0.119. The number of likely N-dealkylation sites (N-methyl/N-ethyl adjacent to an activating group) is 1. The largest absolute Gasteiger partial charge is 0.311 e. The van der Waals surface area contributed by atoms with Gasteiger partial charge in [-0.25, -0.2) is 12.8 Å². The van der Waals surface area contributed by atoms with E-state index in [0.29, 0.717) is 37.5 Å². The molecule has 2 aromatic carbocycles. The van der Waals surface area contributed by atoms with Crippen LogP contribution in [0.5, 0.6) is 0 Å². The van der Waals surface area contributed by atoms with Gasteiger partial charge in [0.05, 0.1) is 11.4 Å². The number of rotatable bonds is 7. The van der Waals surface area contributed by atoms with E-state index in [1.165, 1.54) is 12.1 Å². The molecular weight excluding hydrogens is 429 g/mol. The smallest absolute Gasteiger partial charge is 0.243 e. The molecule has 2 aliphatic heterocycles.